The van der Waals surface area contributed by atoms with Crippen LogP contribution in [0.15, 0.2) is 0 Å². The number of aromatic nitrogens is 1. The SMILES string of the molecule is Cc1nc(Cl)c(F)c(I)c1C. The van der Waals surface area contributed by atoms with Gasteiger partial charge >= 0.3 is 0 Å². The molecule has 0 spiro atoms. The van der Waals surface area contributed by atoms with E-state index in [-0.39, 0.29) is 5.15 Å². The molecule has 0 radical (unpaired) electrons. The number of hydrogen-bond donors (Lipinski definition) is 0. The molecule has 0 unspecified atom stereocenters. The van der Waals surface area contributed by atoms with Crippen molar-refractivity contribution in [3.05, 3.63) is 25.8 Å². The summed E-state index contributed by atoms with van der Waals surface area (Å²) in [4.78, 5) is 3.82. The van der Waals surface area contributed by atoms with E-state index >= 15 is 0 Å². The summed E-state index contributed by atoms with van der Waals surface area (Å²) in [5, 5.41) is -0.0440. The van der Waals surface area contributed by atoms with Crippen molar-refractivity contribution < 1.29 is 4.39 Å². The van der Waals surface area contributed by atoms with Crippen LogP contribution in [0.1, 0.15) is 11.3 Å². The van der Waals surface area contributed by atoms with E-state index in [1.165, 1.54) is 0 Å². The quantitative estimate of drug-likeness (QED) is 0.527. The van der Waals surface area contributed by atoms with Gasteiger partial charge in [-0.05, 0) is 42.0 Å². The molecule has 1 aromatic heterocycles. The highest BCUT2D eigenvalue weighted by Crippen LogP contribution is 2.22. The van der Waals surface area contributed by atoms with Gasteiger partial charge in [0.05, 0.1) is 3.57 Å². The maximum absolute atomic E-state index is 13.0. The Labute approximate surface area is 83.1 Å². The van der Waals surface area contributed by atoms with Gasteiger partial charge in [-0.15, -0.1) is 0 Å². The fourth-order valence-electron chi connectivity index (χ4n) is 0.694. The molecule has 1 heterocycles. The lowest BCUT2D eigenvalue weighted by Crippen LogP contribution is -1.96. The van der Waals surface area contributed by atoms with Crippen LogP contribution in [-0.4, -0.2) is 4.98 Å². The van der Waals surface area contributed by atoms with Gasteiger partial charge in [0, 0.05) is 5.69 Å². The third-order valence-corrected chi connectivity index (χ3v) is 3.04. The maximum Gasteiger partial charge on any atom is 0.174 e. The highest BCUT2D eigenvalue weighted by Gasteiger charge is 2.10. The van der Waals surface area contributed by atoms with Crippen LogP contribution >= 0.6 is 34.2 Å². The number of pyridine rings is 1. The summed E-state index contributed by atoms with van der Waals surface area (Å²) in [7, 11) is 0. The van der Waals surface area contributed by atoms with Gasteiger partial charge in [0.1, 0.15) is 0 Å². The van der Waals surface area contributed by atoms with Crippen molar-refractivity contribution >= 4 is 34.2 Å². The second-order valence-electron chi connectivity index (χ2n) is 2.24. The zero-order valence-corrected chi connectivity index (χ0v) is 8.99. The topological polar surface area (TPSA) is 12.9 Å². The van der Waals surface area contributed by atoms with Crippen LogP contribution in [0.3, 0.4) is 0 Å². The Morgan fingerprint density at radius 2 is 2.00 bits per heavy atom. The molecule has 1 aromatic rings. The molecule has 0 atom stereocenters. The molecule has 0 aliphatic heterocycles. The Balaban J connectivity index is 3.46. The Morgan fingerprint density at radius 1 is 1.45 bits per heavy atom. The zero-order valence-electron chi connectivity index (χ0n) is 6.08. The minimum Gasteiger partial charge on any atom is -0.238 e. The van der Waals surface area contributed by atoms with Crippen molar-refractivity contribution in [2.45, 2.75) is 13.8 Å². The summed E-state index contributed by atoms with van der Waals surface area (Å²) in [6.07, 6.45) is 0. The minimum atomic E-state index is -0.421. The number of nitrogens with zero attached hydrogens (tertiary/aromatic N) is 1. The first-order chi connectivity index (χ1) is 5.04. The molecule has 1 nitrogen and oxygen atoms in total. The second kappa shape index (κ2) is 3.23. The van der Waals surface area contributed by atoms with Crippen molar-refractivity contribution in [3.63, 3.8) is 0 Å². The van der Waals surface area contributed by atoms with E-state index in [2.05, 4.69) is 4.98 Å². The third kappa shape index (κ3) is 1.64. The molecule has 0 bridgehead atoms. The fraction of sp³-hybridized carbons (Fsp3) is 0.286. The average Bonchev–Trinajstić information content (AvgIpc) is 1.97. The Hall–Kier alpha value is 0.100. The normalized spacial score (nSPS) is 10.3. The Kier molecular flexibility index (Phi) is 2.70. The van der Waals surface area contributed by atoms with E-state index in [1.807, 2.05) is 36.4 Å². The smallest absolute Gasteiger partial charge is 0.174 e. The lowest BCUT2D eigenvalue weighted by molar-refractivity contribution is 0.611. The molecule has 0 amide bonds. The van der Waals surface area contributed by atoms with Crippen LogP contribution in [0.2, 0.25) is 5.15 Å². The van der Waals surface area contributed by atoms with Crippen molar-refractivity contribution in [2.24, 2.45) is 0 Å². The molecule has 0 aliphatic rings. The van der Waals surface area contributed by atoms with E-state index in [0.29, 0.717) is 3.57 Å². The number of rotatable bonds is 0. The summed E-state index contributed by atoms with van der Waals surface area (Å²) >= 11 is 7.42. The lowest BCUT2D eigenvalue weighted by Gasteiger charge is -2.03. The zero-order chi connectivity index (χ0) is 8.59. The molecular weight excluding hydrogens is 279 g/mol. The largest absolute Gasteiger partial charge is 0.238 e. The van der Waals surface area contributed by atoms with Crippen LogP contribution in [0.25, 0.3) is 0 Å². The van der Waals surface area contributed by atoms with E-state index in [0.717, 1.165) is 11.3 Å². The molecule has 4 heteroatoms. The van der Waals surface area contributed by atoms with Gasteiger partial charge in [-0.2, -0.15) is 0 Å². The Bertz CT molecular complexity index is 275. The van der Waals surface area contributed by atoms with Crippen molar-refractivity contribution in [1.82, 2.24) is 4.98 Å². The first-order valence-corrected chi connectivity index (χ1v) is 4.47. The van der Waals surface area contributed by atoms with Gasteiger partial charge in [0.15, 0.2) is 11.0 Å². The third-order valence-electron chi connectivity index (χ3n) is 1.51. The molecule has 0 saturated heterocycles. The second-order valence-corrected chi connectivity index (χ2v) is 3.68. The van der Waals surface area contributed by atoms with Crippen molar-refractivity contribution in [1.29, 1.82) is 0 Å². The molecule has 1 rings (SSSR count). The lowest BCUT2D eigenvalue weighted by atomic mass is 10.2. The fourth-order valence-corrected chi connectivity index (χ4v) is 1.72. The Morgan fingerprint density at radius 3 is 2.55 bits per heavy atom. The average molecular weight is 285 g/mol. The highest BCUT2D eigenvalue weighted by molar-refractivity contribution is 14.1. The minimum absolute atomic E-state index is 0.0440. The van der Waals surface area contributed by atoms with Crippen LogP contribution in [0.5, 0.6) is 0 Å². The first-order valence-electron chi connectivity index (χ1n) is 3.01. The van der Waals surface area contributed by atoms with Crippen LogP contribution in [0.4, 0.5) is 4.39 Å². The highest BCUT2D eigenvalue weighted by atomic mass is 127. The van der Waals surface area contributed by atoms with Gasteiger partial charge in [-0.3, -0.25) is 0 Å². The number of hydrogen-bond acceptors (Lipinski definition) is 1. The van der Waals surface area contributed by atoms with Gasteiger partial charge in [-0.1, -0.05) is 11.6 Å². The monoisotopic (exact) mass is 285 g/mol. The molecule has 0 aromatic carbocycles. The van der Waals surface area contributed by atoms with Crippen molar-refractivity contribution in [3.8, 4) is 0 Å². The van der Waals surface area contributed by atoms with Crippen LogP contribution in [-0.2, 0) is 0 Å². The standard InChI is InChI=1S/C7H6ClFIN/c1-3-4(2)11-7(8)5(9)6(3)10/h1-2H3. The molecule has 0 fully saturated rings. The number of halogens is 3. The van der Waals surface area contributed by atoms with Gasteiger partial charge in [0.2, 0.25) is 0 Å². The molecule has 11 heavy (non-hydrogen) atoms. The van der Waals surface area contributed by atoms with Gasteiger partial charge < -0.3 is 0 Å². The summed E-state index contributed by atoms with van der Waals surface area (Å²) < 4.78 is 13.5. The molecule has 0 saturated carbocycles. The van der Waals surface area contributed by atoms with Crippen molar-refractivity contribution in [2.75, 3.05) is 0 Å². The molecule has 0 aliphatic carbocycles. The van der Waals surface area contributed by atoms with E-state index in [1.54, 1.807) is 0 Å². The first kappa shape index (κ1) is 9.19. The predicted octanol–water partition coefficient (Wildman–Crippen LogP) is 3.10. The summed E-state index contributed by atoms with van der Waals surface area (Å²) in [5.74, 6) is -0.421. The van der Waals surface area contributed by atoms with E-state index in [9.17, 15) is 4.39 Å². The maximum atomic E-state index is 13.0. The summed E-state index contributed by atoms with van der Waals surface area (Å²) in [6, 6.07) is 0. The molecule has 60 valence electrons. The predicted molar refractivity (Wildman–Crippen MR) is 51.4 cm³/mol. The molecular formula is C7H6ClFIN. The number of aryl methyl sites for hydroxylation is 1. The molecule has 0 N–H and O–H groups in total. The summed E-state index contributed by atoms with van der Waals surface area (Å²) in [5.41, 5.74) is 1.63. The van der Waals surface area contributed by atoms with Crippen LogP contribution < -0.4 is 0 Å². The van der Waals surface area contributed by atoms with E-state index in [4.69, 9.17) is 11.6 Å². The summed E-state index contributed by atoms with van der Waals surface area (Å²) in [6.45, 7) is 3.63. The van der Waals surface area contributed by atoms with Gasteiger partial charge in [0.25, 0.3) is 0 Å². The van der Waals surface area contributed by atoms with Gasteiger partial charge in [-0.25, -0.2) is 9.37 Å². The van der Waals surface area contributed by atoms with Crippen LogP contribution in [0, 0.1) is 23.2 Å². The van der Waals surface area contributed by atoms with E-state index < -0.39 is 5.82 Å².